The number of alkyl carbamates (subject to hydrolysis) is 1. The van der Waals surface area contributed by atoms with Gasteiger partial charge in [-0.15, -0.1) is 0 Å². The Bertz CT molecular complexity index is 716. The fourth-order valence-corrected chi connectivity index (χ4v) is 1.94. The summed E-state index contributed by atoms with van der Waals surface area (Å²) in [5.74, 6) is -0.863. The summed E-state index contributed by atoms with van der Waals surface area (Å²) in [5, 5.41) is 14.5. The molecule has 2 amide bonds. The zero-order valence-electron chi connectivity index (χ0n) is 17.3. The predicted molar refractivity (Wildman–Crippen MR) is 104 cm³/mol. The van der Waals surface area contributed by atoms with Crippen molar-refractivity contribution in [3.05, 3.63) is 29.3 Å². The Morgan fingerprint density at radius 3 is 2.14 bits per heavy atom. The van der Waals surface area contributed by atoms with Crippen molar-refractivity contribution in [2.75, 3.05) is 13.1 Å². The Kier molecular flexibility index (Phi) is 7.99. The van der Waals surface area contributed by atoms with Crippen LogP contribution in [0.2, 0.25) is 0 Å². The van der Waals surface area contributed by atoms with Crippen LogP contribution in [0.5, 0.6) is 5.75 Å². The van der Waals surface area contributed by atoms with Crippen LogP contribution in [0, 0.1) is 5.41 Å². The number of amides is 2. The first-order valence-electron chi connectivity index (χ1n) is 9.04. The highest BCUT2D eigenvalue weighted by atomic mass is 16.6. The van der Waals surface area contributed by atoms with Gasteiger partial charge in [-0.1, -0.05) is 6.07 Å². The van der Waals surface area contributed by atoms with Crippen LogP contribution in [-0.4, -0.2) is 41.8 Å². The van der Waals surface area contributed by atoms with Crippen LogP contribution in [-0.2, 0) is 16.1 Å². The lowest BCUT2D eigenvalue weighted by atomic mass is 9.97. The Hall–Kier alpha value is -2.61. The highest BCUT2D eigenvalue weighted by Crippen LogP contribution is 2.24. The molecule has 28 heavy (non-hydrogen) atoms. The van der Waals surface area contributed by atoms with Crippen LogP contribution in [0.4, 0.5) is 4.79 Å². The van der Waals surface area contributed by atoms with Gasteiger partial charge in [0.25, 0.3) is 5.91 Å². The van der Waals surface area contributed by atoms with Crippen molar-refractivity contribution in [2.24, 2.45) is 5.41 Å². The Labute approximate surface area is 165 Å². The average molecular weight is 394 g/mol. The average Bonchev–Trinajstić information content (AvgIpc) is 2.56. The SMILES string of the molecule is CC(C)(C)OC(=O)NCCNC(=O)c1cc(CO)ccc1OC(=O)C(C)(C)C. The molecule has 0 saturated carbocycles. The Balaban J connectivity index is 2.75. The van der Waals surface area contributed by atoms with Crippen molar-refractivity contribution >= 4 is 18.0 Å². The zero-order valence-corrected chi connectivity index (χ0v) is 17.3. The number of hydrogen-bond acceptors (Lipinski definition) is 6. The number of aliphatic hydroxyl groups is 1. The van der Waals surface area contributed by atoms with Crippen LogP contribution in [0.25, 0.3) is 0 Å². The minimum Gasteiger partial charge on any atom is -0.444 e. The third kappa shape index (κ3) is 7.96. The van der Waals surface area contributed by atoms with Crippen LogP contribution in [0.15, 0.2) is 18.2 Å². The maximum absolute atomic E-state index is 12.5. The summed E-state index contributed by atoms with van der Waals surface area (Å²) in [6, 6.07) is 4.51. The number of carbonyl (C=O) groups excluding carboxylic acids is 3. The van der Waals surface area contributed by atoms with E-state index < -0.39 is 29.0 Å². The topological polar surface area (TPSA) is 114 Å². The molecule has 0 bridgehead atoms. The number of esters is 1. The van der Waals surface area contributed by atoms with E-state index in [1.807, 2.05) is 0 Å². The van der Waals surface area contributed by atoms with E-state index in [1.165, 1.54) is 12.1 Å². The molecular weight excluding hydrogens is 364 g/mol. The van der Waals surface area contributed by atoms with Gasteiger partial charge in [0.1, 0.15) is 11.4 Å². The lowest BCUT2D eigenvalue weighted by Gasteiger charge is -2.20. The molecule has 0 fully saturated rings. The van der Waals surface area contributed by atoms with Gasteiger partial charge < -0.3 is 25.2 Å². The molecule has 0 saturated heterocycles. The third-order valence-corrected chi connectivity index (χ3v) is 3.36. The molecule has 8 nitrogen and oxygen atoms in total. The summed E-state index contributed by atoms with van der Waals surface area (Å²) in [6.45, 7) is 10.4. The van der Waals surface area contributed by atoms with Gasteiger partial charge in [0.2, 0.25) is 0 Å². The first-order chi connectivity index (χ1) is 12.8. The lowest BCUT2D eigenvalue weighted by Crippen LogP contribution is -2.38. The standard InChI is InChI=1S/C20H30N2O6/c1-19(2,3)17(25)27-15-8-7-13(12-23)11-14(15)16(24)21-9-10-22-18(26)28-20(4,5)6/h7-8,11,23H,9-10,12H2,1-6H3,(H,21,24)(H,22,26). The maximum Gasteiger partial charge on any atom is 0.407 e. The molecule has 0 radical (unpaired) electrons. The van der Waals surface area contributed by atoms with Crippen LogP contribution in [0.3, 0.4) is 0 Å². The number of benzene rings is 1. The fourth-order valence-electron chi connectivity index (χ4n) is 1.94. The molecule has 1 aromatic carbocycles. The smallest absolute Gasteiger partial charge is 0.407 e. The Morgan fingerprint density at radius 2 is 1.61 bits per heavy atom. The van der Waals surface area contributed by atoms with Gasteiger partial charge in [0.05, 0.1) is 17.6 Å². The second-order valence-corrected chi connectivity index (χ2v) is 8.31. The van der Waals surface area contributed by atoms with Crippen molar-refractivity contribution in [3.8, 4) is 5.75 Å². The van der Waals surface area contributed by atoms with Gasteiger partial charge in [-0.05, 0) is 59.2 Å². The first-order valence-corrected chi connectivity index (χ1v) is 9.04. The van der Waals surface area contributed by atoms with Gasteiger partial charge >= 0.3 is 12.1 Å². The van der Waals surface area contributed by atoms with Crippen molar-refractivity contribution in [1.82, 2.24) is 10.6 Å². The maximum atomic E-state index is 12.5. The summed E-state index contributed by atoms with van der Waals surface area (Å²) < 4.78 is 10.5. The predicted octanol–water partition coefficient (Wildman–Crippen LogP) is 2.38. The first kappa shape index (κ1) is 23.4. The van der Waals surface area contributed by atoms with Gasteiger partial charge in [-0.3, -0.25) is 9.59 Å². The number of hydrogen-bond donors (Lipinski definition) is 3. The molecule has 0 aliphatic rings. The van der Waals surface area contributed by atoms with Crippen LogP contribution in [0.1, 0.15) is 57.5 Å². The third-order valence-electron chi connectivity index (χ3n) is 3.36. The number of nitrogens with one attached hydrogen (secondary N) is 2. The van der Waals surface area contributed by atoms with Gasteiger partial charge in [0.15, 0.2) is 0 Å². The van der Waals surface area contributed by atoms with Gasteiger partial charge in [-0.2, -0.15) is 0 Å². The molecule has 1 aromatic rings. The lowest BCUT2D eigenvalue weighted by molar-refractivity contribution is -0.143. The number of ether oxygens (including phenoxy) is 2. The summed E-state index contributed by atoms with van der Waals surface area (Å²) in [7, 11) is 0. The summed E-state index contributed by atoms with van der Waals surface area (Å²) in [4.78, 5) is 36.3. The normalized spacial score (nSPS) is 11.5. The van der Waals surface area contributed by atoms with E-state index in [0.717, 1.165) is 0 Å². The molecular formula is C20H30N2O6. The van der Waals surface area contributed by atoms with Crippen molar-refractivity contribution in [1.29, 1.82) is 0 Å². The van der Waals surface area contributed by atoms with E-state index in [-0.39, 0.29) is 31.0 Å². The van der Waals surface area contributed by atoms with E-state index in [4.69, 9.17) is 9.47 Å². The van der Waals surface area contributed by atoms with Crippen molar-refractivity contribution in [2.45, 2.75) is 53.8 Å². The molecule has 0 unspecified atom stereocenters. The number of aliphatic hydroxyl groups excluding tert-OH is 1. The largest absolute Gasteiger partial charge is 0.444 e. The van der Waals surface area contributed by atoms with E-state index in [1.54, 1.807) is 47.6 Å². The Morgan fingerprint density at radius 1 is 1.00 bits per heavy atom. The van der Waals surface area contributed by atoms with Gasteiger partial charge in [-0.25, -0.2) is 4.79 Å². The molecule has 0 spiro atoms. The monoisotopic (exact) mass is 394 g/mol. The second-order valence-electron chi connectivity index (χ2n) is 8.31. The quantitative estimate of drug-likeness (QED) is 0.388. The summed E-state index contributed by atoms with van der Waals surface area (Å²) >= 11 is 0. The van der Waals surface area contributed by atoms with Crippen molar-refractivity contribution in [3.63, 3.8) is 0 Å². The second kappa shape index (κ2) is 9.54. The highest BCUT2D eigenvalue weighted by Gasteiger charge is 2.26. The fraction of sp³-hybridized carbons (Fsp3) is 0.550. The van der Waals surface area contributed by atoms with E-state index >= 15 is 0 Å². The molecule has 0 aromatic heterocycles. The van der Waals surface area contributed by atoms with E-state index in [9.17, 15) is 19.5 Å². The molecule has 0 aliphatic heterocycles. The van der Waals surface area contributed by atoms with E-state index in [2.05, 4.69) is 10.6 Å². The number of carbonyl (C=O) groups is 3. The minimum atomic E-state index is -0.735. The molecule has 3 N–H and O–H groups in total. The summed E-state index contributed by atoms with van der Waals surface area (Å²) in [5.41, 5.74) is -0.709. The summed E-state index contributed by atoms with van der Waals surface area (Å²) in [6.07, 6.45) is -0.580. The molecule has 0 aliphatic carbocycles. The number of rotatable bonds is 6. The molecule has 1 rings (SSSR count). The van der Waals surface area contributed by atoms with Crippen LogP contribution < -0.4 is 15.4 Å². The minimum absolute atomic E-state index is 0.106. The van der Waals surface area contributed by atoms with Crippen molar-refractivity contribution < 1.29 is 29.0 Å². The highest BCUT2D eigenvalue weighted by molar-refractivity contribution is 5.98. The van der Waals surface area contributed by atoms with Gasteiger partial charge in [0, 0.05) is 13.1 Å². The molecule has 8 heteroatoms. The molecule has 156 valence electrons. The van der Waals surface area contributed by atoms with E-state index in [0.29, 0.717) is 5.56 Å². The van der Waals surface area contributed by atoms with Crippen LogP contribution >= 0.6 is 0 Å². The molecule has 0 atom stereocenters. The zero-order chi connectivity index (χ0) is 21.5. The molecule has 0 heterocycles.